The molecule has 6 heterocycles. The van der Waals surface area contributed by atoms with E-state index in [0.717, 1.165) is 38.2 Å². The maximum Gasteiger partial charge on any atom is 0.234 e. The minimum atomic E-state index is 0.0463. The number of likely N-dealkylation sites (tertiary alicyclic amines) is 1. The number of hydrogen-bond acceptors (Lipinski definition) is 13. The fraction of sp³-hybridized carbons (Fsp3) is 0.273. The summed E-state index contributed by atoms with van der Waals surface area (Å²) in [5.74, 6) is 1.63. The number of nitrogen functional groups attached to an aromatic ring is 1. The number of aromatic nitrogens is 10. The van der Waals surface area contributed by atoms with Crippen LogP contribution in [0.2, 0.25) is 0 Å². The molecule has 0 amide bonds. The highest BCUT2D eigenvalue weighted by Gasteiger charge is 2.22. The van der Waals surface area contributed by atoms with Crippen molar-refractivity contribution < 1.29 is 0 Å². The van der Waals surface area contributed by atoms with Crippen molar-refractivity contribution >= 4 is 22.8 Å². The summed E-state index contributed by atoms with van der Waals surface area (Å²) >= 11 is 0. The van der Waals surface area contributed by atoms with E-state index in [-0.39, 0.29) is 24.2 Å². The zero-order chi connectivity index (χ0) is 33.5. The largest absolute Gasteiger partial charge is 0.382 e. The number of hydrogen-bond donors (Lipinski definition) is 2. The SMILES string of the molecule is CC.N#CCn1ncc(-c2ccc3nc(-c4nccnc4N)n(-c4ccc(CN5CCC(Nc6ccnc(C#N)n6)CC5)cc4)c3n2)n1. The second-order valence-electron chi connectivity index (χ2n) is 10.8. The van der Waals surface area contributed by atoms with Gasteiger partial charge in [-0.25, -0.2) is 29.9 Å². The van der Waals surface area contributed by atoms with Crippen LogP contribution >= 0.6 is 0 Å². The molecule has 0 bridgehead atoms. The highest BCUT2D eigenvalue weighted by Crippen LogP contribution is 2.30. The molecule has 0 spiro atoms. The Morgan fingerprint density at radius 1 is 0.896 bits per heavy atom. The molecule has 1 aromatic carbocycles. The molecule has 1 aliphatic heterocycles. The van der Waals surface area contributed by atoms with Crippen molar-refractivity contribution in [1.29, 1.82) is 10.5 Å². The topological polar surface area (TPSA) is 202 Å². The average Bonchev–Trinajstić information content (AvgIpc) is 3.75. The quantitative estimate of drug-likeness (QED) is 0.242. The lowest BCUT2D eigenvalue weighted by atomic mass is 10.0. The van der Waals surface area contributed by atoms with Gasteiger partial charge in [-0.05, 0) is 48.7 Å². The van der Waals surface area contributed by atoms with Gasteiger partial charge in [0.05, 0.1) is 18.0 Å². The molecule has 1 fully saturated rings. The van der Waals surface area contributed by atoms with E-state index in [0.29, 0.717) is 39.9 Å². The van der Waals surface area contributed by atoms with Crippen LogP contribution in [-0.2, 0) is 13.1 Å². The van der Waals surface area contributed by atoms with E-state index in [1.807, 2.05) is 54.8 Å². The first-order chi connectivity index (χ1) is 23.6. The molecule has 0 radical (unpaired) electrons. The van der Waals surface area contributed by atoms with Crippen LogP contribution in [0.25, 0.3) is 39.8 Å². The van der Waals surface area contributed by atoms with Gasteiger partial charge >= 0.3 is 0 Å². The van der Waals surface area contributed by atoms with Crippen molar-refractivity contribution in [2.24, 2.45) is 0 Å². The van der Waals surface area contributed by atoms with Crippen LogP contribution in [0.3, 0.4) is 0 Å². The second kappa shape index (κ2) is 14.4. The first-order valence-electron chi connectivity index (χ1n) is 15.6. The van der Waals surface area contributed by atoms with E-state index in [9.17, 15) is 0 Å². The van der Waals surface area contributed by atoms with E-state index in [1.54, 1.807) is 30.9 Å². The van der Waals surface area contributed by atoms with Crippen LogP contribution < -0.4 is 11.1 Å². The van der Waals surface area contributed by atoms with Gasteiger partial charge < -0.3 is 11.1 Å². The monoisotopic (exact) mass is 639 g/mol. The van der Waals surface area contributed by atoms with E-state index in [2.05, 4.69) is 52.5 Å². The molecule has 5 aromatic heterocycles. The second-order valence-corrected chi connectivity index (χ2v) is 10.8. The number of benzene rings is 1. The van der Waals surface area contributed by atoms with E-state index < -0.39 is 0 Å². The number of fused-ring (bicyclic) bond motifs is 1. The Hall–Kier alpha value is -6.32. The summed E-state index contributed by atoms with van der Waals surface area (Å²) in [7, 11) is 0. The van der Waals surface area contributed by atoms with Crippen molar-refractivity contribution in [2.75, 3.05) is 24.1 Å². The van der Waals surface area contributed by atoms with Crippen molar-refractivity contribution in [3.05, 3.63) is 78.6 Å². The zero-order valence-electron chi connectivity index (χ0n) is 26.6. The van der Waals surface area contributed by atoms with E-state index >= 15 is 0 Å². The number of nitrogens with zero attached hydrogens (tertiary/aromatic N) is 13. The normalized spacial score (nSPS) is 13.3. The summed E-state index contributed by atoms with van der Waals surface area (Å²) in [5, 5.41) is 30.0. The molecule has 3 N–H and O–H groups in total. The number of anilines is 2. The molecular weight excluding hydrogens is 606 g/mol. The van der Waals surface area contributed by atoms with Gasteiger partial charge in [0, 0.05) is 50.0 Å². The molecule has 1 aliphatic rings. The summed E-state index contributed by atoms with van der Waals surface area (Å²) in [6.45, 7) is 6.73. The molecule has 15 nitrogen and oxygen atoms in total. The number of nitriles is 2. The molecule has 1 saturated heterocycles. The van der Waals surface area contributed by atoms with Crippen molar-refractivity contribution in [3.63, 3.8) is 0 Å². The summed E-state index contributed by atoms with van der Waals surface area (Å²) in [6.07, 6.45) is 8.24. The highest BCUT2D eigenvalue weighted by molar-refractivity contribution is 5.83. The van der Waals surface area contributed by atoms with Gasteiger partial charge in [-0.1, -0.05) is 26.0 Å². The molecule has 0 atom stereocenters. The Bertz CT molecular complexity index is 2090. The van der Waals surface area contributed by atoms with Crippen LogP contribution in [0, 0.1) is 22.7 Å². The molecular formula is C33H33N15. The Balaban J connectivity index is 0.00000197. The summed E-state index contributed by atoms with van der Waals surface area (Å²) in [5.41, 5.74) is 11.1. The van der Waals surface area contributed by atoms with Crippen LogP contribution in [0.1, 0.15) is 38.1 Å². The van der Waals surface area contributed by atoms with Gasteiger partial charge in [-0.2, -0.15) is 25.5 Å². The Labute approximate surface area is 276 Å². The van der Waals surface area contributed by atoms with Crippen LogP contribution in [0.4, 0.5) is 11.6 Å². The lowest BCUT2D eigenvalue weighted by Crippen LogP contribution is -2.38. The van der Waals surface area contributed by atoms with E-state index in [4.69, 9.17) is 26.2 Å². The number of piperidine rings is 1. The zero-order valence-corrected chi connectivity index (χ0v) is 26.6. The minimum absolute atomic E-state index is 0.0463. The smallest absolute Gasteiger partial charge is 0.234 e. The lowest BCUT2D eigenvalue weighted by molar-refractivity contribution is 0.211. The fourth-order valence-electron chi connectivity index (χ4n) is 5.52. The molecule has 0 saturated carbocycles. The molecule has 0 aliphatic carbocycles. The molecule has 7 rings (SSSR count). The summed E-state index contributed by atoms with van der Waals surface area (Å²) in [4.78, 5) is 30.4. The van der Waals surface area contributed by atoms with Crippen molar-refractivity contribution in [1.82, 2.24) is 54.4 Å². The van der Waals surface area contributed by atoms with Gasteiger partial charge in [0.1, 0.15) is 35.3 Å². The number of nitrogens with two attached hydrogens (primary N) is 1. The maximum atomic E-state index is 9.07. The first kappa shape index (κ1) is 31.7. The molecule has 6 aromatic rings. The molecule has 48 heavy (non-hydrogen) atoms. The molecule has 15 heteroatoms. The number of rotatable bonds is 8. The van der Waals surface area contributed by atoms with Gasteiger partial charge in [0.15, 0.2) is 17.3 Å². The average molecular weight is 640 g/mol. The Kier molecular flexibility index (Phi) is 9.50. The number of imidazole rings is 1. The highest BCUT2D eigenvalue weighted by atomic mass is 15.5. The van der Waals surface area contributed by atoms with Crippen molar-refractivity contribution in [3.8, 4) is 40.7 Å². The van der Waals surface area contributed by atoms with Crippen LogP contribution in [-0.4, -0.2) is 73.5 Å². The third kappa shape index (κ3) is 6.76. The van der Waals surface area contributed by atoms with Gasteiger partial charge in [-0.15, -0.1) is 0 Å². The maximum absolute atomic E-state index is 9.07. The third-order valence-electron chi connectivity index (χ3n) is 7.75. The Morgan fingerprint density at radius 3 is 2.44 bits per heavy atom. The van der Waals surface area contributed by atoms with Gasteiger partial charge in [-0.3, -0.25) is 9.47 Å². The van der Waals surface area contributed by atoms with Crippen LogP contribution in [0.5, 0.6) is 0 Å². The standard InChI is InChI=1S/C31H27N15.C2H6/c32-10-16-45-38-18-25(43-45)23-5-6-24-30(40-23)46(31(41-24)28-29(34)37-13-12-36-28)22-3-1-20(2-4-22)19-44-14-8-21(9-15-44)39-26-7-11-35-27(17-33)42-26;1-2/h1-7,11-13,18,21H,8-9,14-16,19H2,(H2,34,37)(H,35,39,42);1-2H3. The summed E-state index contributed by atoms with van der Waals surface area (Å²) < 4.78 is 1.92. The molecule has 240 valence electrons. The minimum Gasteiger partial charge on any atom is -0.382 e. The van der Waals surface area contributed by atoms with Gasteiger partial charge in [0.2, 0.25) is 5.82 Å². The first-order valence-corrected chi connectivity index (χ1v) is 15.6. The fourth-order valence-corrected chi connectivity index (χ4v) is 5.52. The predicted octanol–water partition coefficient (Wildman–Crippen LogP) is 4.01. The lowest BCUT2D eigenvalue weighted by Gasteiger charge is -2.32. The van der Waals surface area contributed by atoms with Gasteiger partial charge in [0.25, 0.3) is 0 Å². The molecule has 0 unspecified atom stereocenters. The summed E-state index contributed by atoms with van der Waals surface area (Å²) in [6, 6.07) is 18.1. The number of nitrogens with one attached hydrogen (secondary N) is 1. The third-order valence-corrected chi connectivity index (χ3v) is 7.75. The van der Waals surface area contributed by atoms with Crippen LogP contribution in [0.15, 0.2) is 67.3 Å². The Morgan fingerprint density at radius 2 is 1.69 bits per heavy atom. The predicted molar refractivity (Wildman–Crippen MR) is 179 cm³/mol. The van der Waals surface area contributed by atoms with Crippen molar-refractivity contribution in [2.45, 2.75) is 45.8 Å². The number of pyridine rings is 1. The van der Waals surface area contributed by atoms with E-state index in [1.165, 1.54) is 10.4 Å².